The third kappa shape index (κ3) is 3.01. The number of nitrogens with zero attached hydrogens (tertiary/aromatic N) is 1. The average molecular weight is 256 g/mol. The predicted molar refractivity (Wildman–Crippen MR) is 76.3 cm³/mol. The number of hydrogen-bond acceptors (Lipinski definition) is 4. The van der Waals surface area contributed by atoms with Crippen molar-refractivity contribution < 1.29 is 4.79 Å². The minimum atomic E-state index is -0.563. The molecule has 1 heterocycles. The summed E-state index contributed by atoms with van der Waals surface area (Å²) in [5.41, 5.74) is 13.7. The van der Waals surface area contributed by atoms with Crippen LogP contribution in [0.5, 0.6) is 0 Å². The maximum absolute atomic E-state index is 11.4. The minimum Gasteiger partial charge on any atom is -0.397 e. The number of aromatic nitrogens is 1. The molecule has 5 heteroatoms. The molecule has 0 bridgehead atoms. The van der Waals surface area contributed by atoms with Gasteiger partial charge in [0.2, 0.25) is 0 Å². The van der Waals surface area contributed by atoms with E-state index in [9.17, 15) is 4.79 Å². The Bertz CT molecular complexity index is 593. The van der Waals surface area contributed by atoms with Crippen LogP contribution in [0.1, 0.15) is 22.8 Å². The highest BCUT2D eigenvalue weighted by atomic mass is 16.1. The lowest BCUT2D eigenvalue weighted by atomic mass is 10.1. The molecule has 1 aromatic carbocycles. The monoisotopic (exact) mass is 256 g/mol. The lowest BCUT2D eigenvalue weighted by Gasteiger charge is -2.10. The fraction of sp³-hybridized carbons (Fsp3) is 0.143. The Hall–Kier alpha value is -2.56. The number of pyridine rings is 1. The lowest BCUT2D eigenvalue weighted by molar-refractivity contribution is 0.100. The molecule has 19 heavy (non-hydrogen) atoms. The number of rotatable bonds is 4. The molecule has 0 aliphatic heterocycles. The van der Waals surface area contributed by atoms with Crippen molar-refractivity contribution in [3.05, 3.63) is 47.7 Å². The average Bonchev–Trinajstić information content (AvgIpc) is 2.41. The molecule has 98 valence electrons. The highest BCUT2D eigenvalue weighted by molar-refractivity contribution is 5.99. The molecular weight excluding hydrogens is 240 g/mol. The van der Waals surface area contributed by atoms with Crippen molar-refractivity contribution in [2.45, 2.75) is 13.3 Å². The molecule has 0 aliphatic rings. The summed E-state index contributed by atoms with van der Waals surface area (Å²) in [5.74, 6) is -0.154. The highest BCUT2D eigenvalue weighted by Crippen LogP contribution is 2.20. The topological polar surface area (TPSA) is 94.0 Å². The third-order valence-corrected chi connectivity index (χ3v) is 2.80. The fourth-order valence-corrected chi connectivity index (χ4v) is 1.73. The largest absolute Gasteiger partial charge is 0.397 e. The van der Waals surface area contributed by atoms with E-state index in [2.05, 4.69) is 17.2 Å². The van der Waals surface area contributed by atoms with Gasteiger partial charge in [0.05, 0.1) is 17.4 Å². The summed E-state index contributed by atoms with van der Waals surface area (Å²) in [7, 11) is 0. The van der Waals surface area contributed by atoms with Gasteiger partial charge in [-0.15, -0.1) is 0 Å². The number of nitrogens with one attached hydrogen (secondary N) is 1. The minimum absolute atomic E-state index is 0.277. The molecule has 1 aromatic heterocycles. The molecule has 2 rings (SSSR count). The number of hydrogen-bond donors (Lipinski definition) is 3. The summed E-state index contributed by atoms with van der Waals surface area (Å²) >= 11 is 0. The smallest absolute Gasteiger partial charge is 0.252 e. The summed E-state index contributed by atoms with van der Waals surface area (Å²) in [4.78, 5) is 15.5. The molecule has 0 unspecified atom stereocenters. The van der Waals surface area contributed by atoms with E-state index in [4.69, 9.17) is 11.5 Å². The van der Waals surface area contributed by atoms with Gasteiger partial charge in [0, 0.05) is 5.69 Å². The van der Waals surface area contributed by atoms with Crippen LogP contribution in [-0.2, 0) is 6.42 Å². The normalized spacial score (nSPS) is 10.2. The zero-order valence-electron chi connectivity index (χ0n) is 10.7. The second-order valence-electron chi connectivity index (χ2n) is 4.20. The fourth-order valence-electron chi connectivity index (χ4n) is 1.73. The van der Waals surface area contributed by atoms with E-state index in [0.29, 0.717) is 11.5 Å². The molecule has 5 nitrogen and oxygen atoms in total. The van der Waals surface area contributed by atoms with Crippen molar-refractivity contribution in [2.24, 2.45) is 5.73 Å². The van der Waals surface area contributed by atoms with Gasteiger partial charge < -0.3 is 16.8 Å². The SMILES string of the molecule is CCc1ccc(Nc2ncc(N)cc2C(N)=O)cc1. The molecule has 5 N–H and O–H groups in total. The van der Waals surface area contributed by atoms with E-state index in [1.165, 1.54) is 17.8 Å². The van der Waals surface area contributed by atoms with E-state index in [0.717, 1.165) is 12.1 Å². The number of amides is 1. The first-order valence-electron chi connectivity index (χ1n) is 6.01. The van der Waals surface area contributed by atoms with Crippen molar-refractivity contribution in [2.75, 3.05) is 11.1 Å². The number of benzene rings is 1. The van der Waals surface area contributed by atoms with Crippen molar-refractivity contribution in [3.63, 3.8) is 0 Å². The molecular formula is C14H16N4O. The highest BCUT2D eigenvalue weighted by Gasteiger charge is 2.10. The molecule has 0 fully saturated rings. The maximum Gasteiger partial charge on any atom is 0.252 e. The van der Waals surface area contributed by atoms with E-state index in [1.54, 1.807) is 0 Å². The van der Waals surface area contributed by atoms with Crippen molar-refractivity contribution >= 4 is 23.1 Å². The standard InChI is InChI=1S/C14H16N4O/c1-2-9-3-5-11(6-4-9)18-14-12(13(16)19)7-10(15)8-17-14/h3-8H,2,15H2,1H3,(H2,16,19)(H,17,18). The Morgan fingerprint density at radius 1 is 1.32 bits per heavy atom. The van der Waals surface area contributed by atoms with Gasteiger partial charge in [-0.1, -0.05) is 19.1 Å². The second kappa shape index (κ2) is 5.39. The van der Waals surface area contributed by atoms with Crippen LogP contribution >= 0.6 is 0 Å². The predicted octanol–water partition coefficient (Wildman–Crippen LogP) is 2.07. The van der Waals surface area contributed by atoms with Crippen molar-refractivity contribution in [3.8, 4) is 0 Å². The molecule has 0 spiro atoms. The first-order valence-corrected chi connectivity index (χ1v) is 6.01. The van der Waals surface area contributed by atoms with Gasteiger partial charge >= 0.3 is 0 Å². The second-order valence-corrected chi connectivity index (χ2v) is 4.20. The zero-order valence-corrected chi connectivity index (χ0v) is 10.7. The molecule has 0 saturated heterocycles. The molecule has 0 saturated carbocycles. The Kier molecular flexibility index (Phi) is 3.66. The number of carbonyl (C=O) groups is 1. The van der Waals surface area contributed by atoms with Crippen LogP contribution in [0.4, 0.5) is 17.2 Å². The molecule has 1 amide bonds. The van der Waals surface area contributed by atoms with Gasteiger partial charge in [-0.3, -0.25) is 4.79 Å². The number of nitrogens with two attached hydrogens (primary N) is 2. The number of anilines is 3. The van der Waals surface area contributed by atoms with Crippen LogP contribution < -0.4 is 16.8 Å². The van der Waals surface area contributed by atoms with Crippen LogP contribution in [0, 0.1) is 0 Å². The van der Waals surface area contributed by atoms with Crippen LogP contribution in [0.2, 0.25) is 0 Å². The summed E-state index contributed by atoms with van der Waals surface area (Å²) in [5, 5.41) is 3.06. The zero-order chi connectivity index (χ0) is 13.8. The Balaban J connectivity index is 2.29. The van der Waals surface area contributed by atoms with E-state index in [1.807, 2.05) is 24.3 Å². The molecule has 2 aromatic rings. The van der Waals surface area contributed by atoms with Gasteiger partial charge in [-0.2, -0.15) is 0 Å². The van der Waals surface area contributed by atoms with Crippen molar-refractivity contribution in [1.29, 1.82) is 0 Å². The van der Waals surface area contributed by atoms with Crippen LogP contribution in [0.3, 0.4) is 0 Å². The Morgan fingerprint density at radius 3 is 2.58 bits per heavy atom. The number of nitrogen functional groups attached to an aromatic ring is 1. The maximum atomic E-state index is 11.4. The van der Waals surface area contributed by atoms with E-state index < -0.39 is 5.91 Å². The first-order chi connectivity index (χ1) is 9.10. The lowest BCUT2D eigenvalue weighted by Crippen LogP contribution is -2.14. The number of aryl methyl sites for hydroxylation is 1. The van der Waals surface area contributed by atoms with Crippen LogP contribution in [0.25, 0.3) is 0 Å². The van der Waals surface area contributed by atoms with Gasteiger partial charge in [0.1, 0.15) is 5.82 Å². The molecule has 0 radical (unpaired) electrons. The van der Waals surface area contributed by atoms with Crippen LogP contribution in [0.15, 0.2) is 36.5 Å². The molecule has 0 aliphatic carbocycles. The van der Waals surface area contributed by atoms with Gasteiger partial charge in [-0.05, 0) is 30.2 Å². The number of primary amides is 1. The van der Waals surface area contributed by atoms with Crippen LogP contribution in [-0.4, -0.2) is 10.9 Å². The summed E-state index contributed by atoms with van der Waals surface area (Å²) in [6, 6.07) is 9.41. The van der Waals surface area contributed by atoms with E-state index in [-0.39, 0.29) is 5.56 Å². The Morgan fingerprint density at radius 2 is 2.00 bits per heavy atom. The summed E-state index contributed by atoms with van der Waals surface area (Å²) in [6.07, 6.45) is 2.46. The van der Waals surface area contributed by atoms with E-state index >= 15 is 0 Å². The van der Waals surface area contributed by atoms with Gasteiger partial charge in [-0.25, -0.2) is 4.98 Å². The van der Waals surface area contributed by atoms with Gasteiger partial charge in [0.25, 0.3) is 5.91 Å². The summed E-state index contributed by atoms with van der Waals surface area (Å²) < 4.78 is 0. The Labute approximate surface area is 111 Å². The third-order valence-electron chi connectivity index (χ3n) is 2.80. The quantitative estimate of drug-likeness (QED) is 0.780. The first kappa shape index (κ1) is 12.9. The molecule has 0 atom stereocenters. The van der Waals surface area contributed by atoms with Crippen molar-refractivity contribution in [1.82, 2.24) is 4.98 Å². The number of carbonyl (C=O) groups excluding carboxylic acids is 1. The summed E-state index contributed by atoms with van der Waals surface area (Å²) in [6.45, 7) is 2.09. The van der Waals surface area contributed by atoms with Gasteiger partial charge in [0.15, 0.2) is 0 Å².